The Kier molecular flexibility index (Phi) is 6.31. The van der Waals surface area contributed by atoms with E-state index >= 15 is 0 Å². The zero-order chi connectivity index (χ0) is 20.1. The molecular weight excluding hydrogens is 354 g/mol. The quantitative estimate of drug-likeness (QED) is 0.800. The van der Waals surface area contributed by atoms with E-state index in [4.69, 9.17) is 4.74 Å². The Labute approximate surface area is 166 Å². The van der Waals surface area contributed by atoms with E-state index in [0.29, 0.717) is 13.1 Å². The summed E-state index contributed by atoms with van der Waals surface area (Å²) in [5.41, 5.74) is 4.32. The van der Waals surface area contributed by atoms with Crippen LogP contribution in [0.4, 0.5) is 10.5 Å². The predicted octanol–water partition coefficient (Wildman–Crippen LogP) is 3.27. The highest BCUT2D eigenvalue weighted by atomic mass is 16.6. The van der Waals surface area contributed by atoms with Crippen LogP contribution >= 0.6 is 0 Å². The third-order valence-electron chi connectivity index (χ3n) is 4.91. The Morgan fingerprint density at radius 1 is 1.14 bits per heavy atom. The molecule has 0 spiro atoms. The van der Waals surface area contributed by atoms with Crippen molar-refractivity contribution in [2.75, 3.05) is 31.6 Å². The fourth-order valence-corrected chi connectivity index (χ4v) is 3.16. The van der Waals surface area contributed by atoms with E-state index in [1.165, 1.54) is 12.5 Å². The minimum Gasteiger partial charge on any atom is -0.442 e. The summed E-state index contributed by atoms with van der Waals surface area (Å²) in [5, 5.41) is 2.68. The van der Waals surface area contributed by atoms with Crippen molar-refractivity contribution in [3.05, 3.63) is 54.1 Å². The number of amides is 2. The topological polar surface area (TPSA) is 61.9 Å². The summed E-state index contributed by atoms with van der Waals surface area (Å²) in [6.45, 7) is 6.31. The van der Waals surface area contributed by atoms with Crippen molar-refractivity contribution >= 4 is 17.7 Å². The molecule has 2 amide bonds. The van der Waals surface area contributed by atoms with Crippen LogP contribution in [0.3, 0.4) is 0 Å². The van der Waals surface area contributed by atoms with Gasteiger partial charge in [0.25, 0.3) is 0 Å². The highest BCUT2D eigenvalue weighted by molar-refractivity contribution is 5.90. The summed E-state index contributed by atoms with van der Waals surface area (Å²) in [6, 6.07) is 16.4. The van der Waals surface area contributed by atoms with Crippen molar-refractivity contribution in [1.29, 1.82) is 0 Å². The van der Waals surface area contributed by atoms with Crippen LogP contribution in [-0.2, 0) is 16.1 Å². The van der Waals surface area contributed by atoms with Crippen LogP contribution in [0.2, 0.25) is 0 Å². The molecule has 2 aromatic carbocycles. The first-order chi connectivity index (χ1) is 13.5. The molecule has 6 nitrogen and oxygen atoms in total. The van der Waals surface area contributed by atoms with E-state index in [1.807, 2.05) is 24.3 Å². The molecule has 1 N–H and O–H groups in total. The molecule has 0 bridgehead atoms. The Morgan fingerprint density at radius 3 is 2.32 bits per heavy atom. The normalized spacial score (nSPS) is 16.4. The zero-order valence-electron chi connectivity index (χ0n) is 16.6. The number of benzene rings is 2. The number of rotatable bonds is 7. The van der Waals surface area contributed by atoms with Gasteiger partial charge in [-0.2, -0.15) is 0 Å². The molecule has 0 saturated carbocycles. The van der Waals surface area contributed by atoms with Crippen molar-refractivity contribution in [3.63, 3.8) is 0 Å². The van der Waals surface area contributed by atoms with Gasteiger partial charge >= 0.3 is 6.09 Å². The monoisotopic (exact) mass is 381 g/mol. The summed E-state index contributed by atoms with van der Waals surface area (Å²) in [5.74, 6) is -0.133. The van der Waals surface area contributed by atoms with Crippen LogP contribution in [0.5, 0.6) is 0 Å². The van der Waals surface area contributed by atoms with Crippen LogP contribution in [0.25, 0.3) is 11.1 Å². The van der Waals surface area contributed by atoms with E-state index in [9.17, 15) is 9.59 Å². The maximum absolute atomic E-state index is 12.1. The molecule has 148 valence electrons. The van der Waals surface area contributed by atoms with Gasteiger partial charge in [-0.3, -0.25) is 9.69 Å². The number of hydrogen-bond acceptors (Lipinski definition) is 4. The molecular formula is C22H27N3O3. The fraction of sp³-hybridized carbons (Fsp3) is 0.364. The molecule has 0 aliphatic carbocycles. The van der Waals surface area contributed by atoms with E-state index in [-0.39, 0.29) is 18.1 Å². The summed E-state index contributed by atoms with van der Waals surface area (Å²) in [7, 11) is 2.11. The first kappa shape index (κ1) is 19.9. The largest absolute Gasteiger partial charge is 0.442 e. The van der Waals surface area contributed by atoms with Gasteiger partial charge in [0.15, 0.2) is 0 Å². The molecule has 1 heterocycles. The highest BCUT2D eigenvalue weighted by Gasteiger charge is 2.32. The first-order valence-corrected chi connectivity index (χ1v) is 9.56. The summed E-state index contributed by atoms with van der Waals surface area (Å²) >= 11 is 0. The molecule has 1 fully saturated rings. The van der Waals surface area contributed by atoms with Crippen molar-refractivity contribution in [3.8, 4) is 11.1 Å². The average Bonchev–Trinajstić information content (AvgIpc) is 3.07. The molecule has 1 saturated heterocycles. The van der Waals surface area contributed by atoms with Gasteiger partial charge in [-0.15, -0.1) is 0 Å². The van der Waals surface area contributed by atoms with Crippen LogP contribution < -0.4 is 10.2 Å². The number of nitrogens with zero attached hydrogens (tertiary/aromatic N) is 2. The van der Waals surface area contributed by atoms with Gasteiger partial charge in [0, 0.05) is 19.2 Å². The molecule has 28 heavy (non-hydrogen) atoms. The Morgan fingerprint density at radius 2 is 1.75 bits per heavy atom. The number of anilines is 1. The number of ether oxygens (including phenoxy) is 1. The second kappa shape index (κ2) is 8.89. The van der Waals surface area contributed by atoms with E-state index in [2.05, 4.69) is 48.5 Å². The maximum Gasteiger partial charge on any atom is 0.414 e. The summed E-state index contributed by atoms with van der Waals surface area (Å²) in [6.07, 6.45) is -0.711. The van der Waals surface area contributed by atoms with Crippen molar-refractivity contribution < 1.29 is 14.3 Å². The van der Waals surface area contributed by atoms with Gasteiger partial charge in [-0.05, 0) is 42.4 Å². The molecule has 1 aliphatic rings. The standard InChI is InChI=1S/C22H27N3O3/c1-4-24(3)14-17-5-7-18(8-6-17)19-9-11-20(12-10-19)25-15-21(28-22(25)27)13-23-16(2)26/h5-12,21H,4,13-15H2,1-3H3,(H,23,26). The van der Waals surface area contributed by atoms with E-state index in [1.54, 1.807) is 4.90 Å². The molecule has 3 rings (SSSR count). The SMILES string of the molecule is CCN(C)Cc1ccc(-c2ccc(N3CC(CNC(C)=O)OC3=O)cc2)cc1. The van der Waals surface area contributed by atoms with Gasteiger partial charge in [0.1, 0.15) is 6.10 Å². The third-order valence-corrected chi connectivity index (χ3v) is 4.91. The molecule has 1 atom stereocenters. The van der Waals surface area contributed by atoms with Crippen LogP contribution in [0.15, 0.2) is 48.5 Å². The lowest BCUT2D eigenvalue weighted by Gasteiger charge is -2.15. The van der Waals surface area contributed by atoms with Gasteiger partial charge in [-0.25, -0.2) is 4.79 Å². The summed E-state index contributed by atoms with van der Waals surface area (Å²) < 4.78 is 5.32. The lowest BCUT2D eigenvalue weighted by Crippen LogP contribution is -2.33. The smallest absolute Gasteiger partial charge is 0.414 e. The molecule has 1 aliphatic heterocycles. The third kappa shape index (κ3) is 4.89. The van der Waals surface area contributed by atoms with Crippen LogP contribution in [0.1, 0.15) is 19.4 Å². The molecule has 1 unspecified atom stereocenters. The zero-order valence-corrected chi connectivity index (χ0v) is 16.6. The predicted molar refractivity (Wildman–Crippen MR) is 110 cm³/mol. The minimum atomic E-state index is -0.382. The van der Waals surface area contributed by atoms with E-state index < -0.39 is 0 Å². The van der Waals surface area contributed by atoms with Crippen molar-refractivity contribution in [1.82, 2.24) is 10.2 Å². The lowest BCUT2D eigenvalue weighted by molar-refractivity contribution is -0.119. The van der Waals surface area contributed by atoms with Crippen LogP contribution in [0, 0.1) is 0 Å². The fourth-order valence-electron chi connectivity index (χ4n) is 3.16. The second-order valence-electron chi connectivity index (χ2n) is 7.13. The van der Waals surface area contributed by atoms with Gasteiger partial charge in [0.2, 0.25) is 5.91 Å². The Balaban J connectivity index is 1.65. The Hall–Kier alpha value is -2.86. The van der Waals surface area contributed by atoms with Crippen molar-refractivity contribution in [2.45, 2.75) is 26.5 Å². The Bertz CT molecular complexity index is 818. The number of hydrogen-bond donors (Lipinski definition) is 1. The van der Waals surface area contributed by atoms with Crippen LogP contribution in [-0.4, -0.2) is 49.7 Å². The average molecular weight is 381 g/mol. The number of carbonyl (C=O) groups is 2. The van der Waals surface area contributed by atoms with Gasteiger partial charge < -0.3 is 15.0 Å². The molecule has 0 aromatic heterocycles. The molecule has 0 radical (unpaired) electrons. The number of cyclic esters (lactones) is 1. The van der Waals surface area contributed by atoms with Crippen molar-refractivity contribution in [2.24, 2.45) is 0 Å². The lowest BCUT2D eigenvalue weighted by atomic mass is 10.0. The second-order valence-corrected chi connectivity index (χ2v) is 7.13. The first-order valence-electron chi connectivity index (χ1n) is 9.56. The summed E-state index contributed by atoms with van der Waals surface area (Å²) in [4.78, 5) is 27.0. The highest BCUT2D eigenvalue weighted by Crippen LogP contribution is 2.26. The molecule has 2 aromatic rings. The molecule has 6 heteroatoms. The minimum absolute atomic E-state index is 0.133. The number of nitrogens with one attached hydrogen (secondary N) is 1. The maximum atomic E-state index is 12.1. The van der Waals surface area contributed by atoms with Gasteiger partial charge in [-0.1, -0.05) is 43.3 Å². The van der Waals surface area contributed by atoms with E-state index in [0.717, 1.165) is 29.9 Å². The number of carbonyl (C=O) groups excluding carboxylic acids is 2. The van der Waals surface area contributed by atoms with Gasteiger partial charge in [0.05, 0.1) is 13.1 Å².